The molecule has 2 aliphatic rings. The van der Waals surface area contributed by atoms with E-state index in [1.54, 1.807) is 0 Å². The number of carbonyl (C=O) groups is 2. The van der Waals surface area contributed by atoms with Gasteiger partial charge in [-0.3, -0.25) is 19.6 Å². The minimum Gasteiger partial charge on any atom is -0.481 e. The lowest BCUT2D eigenvalue weighted by Crippen LogP contribution is -2.24. The van der Waals surface area contributed by atoms with Crippen molar-refractivity contribution in [1.82, 2.24) is 14.5 Å². The summed E-state index contributed by atoms with van der Waals surface area (Å²) in [6.07, 6.45) is 20.4. The van der Waals surface area contributed by atoms with Gasteiger partial charge in [0.05, 0.1) is 0 Å². The van der Waals surface area contributed by atoms with Gasteiger partial charge in [0.25, 0.3) is 0 Å². The molecule has 4 N–H and O–H groups in total. The molecule has 0 unspecified atom stereocenters. The van der Waals surface area contributed by atoms with Gasteiger partial charge in [-0.15, -0.1) is 0 Å². The van der Waals surface area contributed by atoms with E-state index in [1.807, 2.05) is 73.7 Å². The molecule has 1 amide bonds. The molecule has 0 saturated carbocycles. The lowest BCUT2D eigenvalue weighted by molar-refractivity contribution is -0.137. The molecule has 4 aromatic rings. The average molecular weight is 637 g/mol. The molecule has 9 heteroatoms. The second-order valence-corrected chi connectivity index (χ2v) is 11.8. The predicted molar refractivity (Wildman–Crippen MR) is 193 cm³/mol. The Morgan fingerprint density at radius 3 is 1.77 bits per heavy atom. The zero-order valence-corrected chi connectivity index (χ0v) is 27.7. The summed E-state index contributed by atoms with van der Waals surface area (Å²) < 4.78 is 4.16. The second kappa shape index (κ2) is 18.4. The maximum absolute atomic E-state index is 12.0. The number of benzene rings is 2. The number of amides is 1. The van der Waals surface area contributed by atoms with Gasteiger partial charge in [-0.05, 0) is 68.3 Å². The Hall–Kier alpha value is -4.76. The van der Waals surface area contributed by atoms with E-state index in [2.05, 4.69) is 50.4 Å². The molecule has 2 aromatic carbocycles. The van der Waals surface area contributed by atoms with Gasteiger partial charge in [0.2, 0.25) is 5.91 Å². The SMILES string of the molecule is Cn1cc(CCC(=O)NCCCC2=CCC=N2)c2ccccc21.Cn1cc(CCC(=O)O)c2ccccc21.NCCCC1=CCC=N1. The van der Waals surface area contributed by atoms with Gasteiger partial charge < -0.3 is 25.3 Å². The molecule has 0 fully saturated rings. The van der Waals surface area contributed by atoms with Crippen LogP contribution < -0.4 is 11.1 Å². The first-order valence-corrected chi connectivity index (χ1v) is 16.5. The van der Waals surface area contributed by atoms with E-state index >= 15 is 0 Å². The minimum absolute atomic E-state index is 0.127. The number of nitrogens with zero attached hydrogens (tertiary/aromatic N) is 4. The van der Waals surface area contributed by atoms with E-state index in [0.29, 0.717) is 12.8 Å². The summed E-state index contributed by atoms with van der Waals surface area (Å²) in [6.45, 7) is 1.49. The molecule has 0 radical (unpaired) electrons. The van der Waals surface area contributed by atoms with Gasteiger partial charge >= 0.3 is 5.97 Å². The van der Waals surface area contributed by atoms with E-state index in [9.17, 15) is 9.59 Å². The molecule has 0 aliphatic carbocycles. The van der Waals surface area contributed by atoms with E-state index in [1.165, 1.54) is 22.2 Å². The molecular formula is C38H48N6O3. The van der Waals surface area contributed by atoms with Crippen LogP contribution in [0.4, 0.5) is 0 Å². The largest absolute Gasteiger partial charge is 0.481 e. The molecule has 0 bridgehead atoms. The fourth-order valence-electron chi connectivity index (χ4n) is 5.76. The Morgan fingerprint density at radius 1 is 0.766 bits per heavy atom. The molecule has 0 spiro atoms. The highest BCUT2D eigenvalue weighted by molar-refractivity contribution is 5.85. The number of aliphatic carboxylic acids is 1. The average Bonchev–Trinajstić information content (AvgIpc) is 3.90. The van der Waals surface area contributed by atoms with E-state index in [-0.39, 0.29) is 12.3 Å². The Morgan fingerprint density at radius 2 is 1.28 bits per heavy atom. The maximum atomic E-state index is 12.0. The van der Waals surface area contributed by atoms with Gasteiger partial charge in [-0.25, -0.2) is 0 Å². The standard InChI is InChI=1S/C19H23N3O.C12H13NO2.C7H12N2/c1-22-14-15(17-8-2-3-9-18(17)22)10-11-19(23)21-13-5-7-16-6-4-12-20-16;1-13-8-9(6-7-12(14)15)10-4-2-3-5-11(10)13;8-5-1-3-7-4-2-6-9-7/h2-3,6,8-9,12,14H,4-5,7,10-11,13H2,1H3,(H,21,23);2-5,8H,6-7H2,1H3,(H,14,15);4,6H,1-3,5,8H2. The normalized spacial score (nSPS) is 13.2. The van der Waals surface area contributed by atoms with Gasteiger partial charge in [0.15, 0.2) is 0 Å². The molecule has 6 rings (SSSR count). The zero-order chi connectivity index (χ0) is 33.4. The number of hydrogen-bond donors (Lipinski definition) is 3. The fourth-order valence-corrected chi connectivity index (χ4v) is 5.76. The number of aliphatic imine (C=N–C) groups is 2. The van der Waals surface area contributed by atoms with Crippen molar-refractivity contribution in [2.75, 3.05) is 13.1 Å². The molecule has 9 nitrogen and oxygen atoms in total. The van der Waals surface area contributed by atoms with Crippen LogP contribution in [0.25, 0.3) is 21.8 Å². The monoisotopic (exact) mass is 636 g/mol. The number of para-hydroxylation sites is 2. The van der Waals surface area contributed by atoms with Gasteiger partial charge in [0.1, 0.15) is 0 Å². The van der Waals surface area contributed by atoms with Crippen LogP contribution in [-0.2, 0) is 36.5 Å². The van der Waals surface area contributed by atoms with Gasteiger partial charge in [-0.2, -0.15) is 0 Å². The molecule has 47 heavy (non-hydrogen) atoms. The van der Waals surface area contributed by atoms with Crippen LogP contribution >= 0.6 is 0 Å². The number of carboxylic acid groups (broad SMARTS) is 1. The van der Waals surface area contributed by atoms with Crippen LogP contribution in [0, 0.1) is 0 Å². The number of nitrogens with one attached hydrogen (secondary N) is 1. The summed E-state index contributed by atoms with van der Waals surface area (Å²) in [5.41, 5.74) is 12.4. The number of nitrogens with two attached hydrogens (primary N) is 1. The number of aryl methyl sites for hydroxylation is 4. The van der Waals surface area contributed by atoms with Crippen molar-refractivity contribution >= 4 is 46.1 Å². The summed E-state index contributed by atoms with van der Waals surface area (Å²) in [5.74, 6) is -0.621. The number of allylic oxidation sites excluding steroid dienone is 4. The number of rotatable bonds is 13. The van der Waals surface area contributed by atoms with Crippen LogP contribution in [0.1, 0.15) is 62.5 Å². The molecular weight excluding hydrogens is 588 g/mol. The van der Waals surface area contributed by atoms with Crippen LogP contribution in [0.2, 0.25) is 0 Å². The highest BCUT2D eigenvalue weighted by Gasteiger charge is 2.09. The Bertz CT molecular complexity index is 1760. The van der Waals surface area contributed by atoms with E-state index < -0.39 is 5.97 Å². The first-order valence-electron chi connectivity index (χ1n) is 16.5. The summed E-state index contributed by atoms with van der Waals surface area (Å²) >= 11 is 0. The third kappa shape index (κ3) is 10.9. The zero-order valence-electron chi connectivity index (χ0n) is 27.7. The highest BCUT2D eigenvalue weighted by atomic mass is 16.4. The fraction of sp³-hybridized carbons (Fsp3) is 0.368. The topological polar surface area (TPSA) is 127 Å². The minimum atomic E-state index is -0.747. The van der Waals surface area contributed by atoms with Crippen LogP contribution in [0.5, 0.6) is 0 Å². The molecule has 2 aromatic heterocycles. The Balaban J connectivity index is 0.000000178. The number of fused-ring (bicyclic) bond motifs is 2. The third-order valence-corrected chi connectivity index (χ3v) is 8.19. The van der Waals surface area contributed by atoms with Crippen molar-refractivity contribution in [1.29, 1.82) is 0 Å². The molecule has 2 aliphatic heterocycles. The molecule has 0 saturated heterocycles. The summed E-state index contributed by atoms with van der Waals surface area (Å²) in [7, 11) is 4.03. The van der Waals surface area contributed by atoms with E-state index in [4.69, 9.17) is 10.8 Å². The first-order chi connectivity index (χ1) is 22.9. The number of aromatic nitrogens is 2. The molecule has 248 valence electrons. The third-order valence-electron chi connectivity index (χ3n) is 8.19. The number of carbonyl (C=O) groups excluding carboxylic acids is 1. The molecule has 0 atom stereocenters. The second-order valence-electron chi connectivity index (χ2n) is 11.8. The predicted octanol–water partition coefficient (Wildman–Crippen LogP) is 6.64. The maximum Gasteiger partial charge on any atom is 0.303 e. The van der Waals surface area contributed by atoms with Crippen molar-refractivity contribution in [2.24, 2.45) is 29.8 Å². The van der Waals surface area contributed by atoms with Crippen LogP contribution in [0.15, 0.2) is 94.5 Å². The summed E-state index contributed by atoms with van der Waals surface area (Å²) in [4.78, 5) is 30.9. The first kappa shape index (κ1) is 35.1. The smallest absolute Gasteiger partial charge is 0.303 e. The summed E-state index contributed by atoms with van der Waals surface area (Å²) in [5, 5.41) is 14.1. The summed E-state index contributed by atoms with van der Waals surface area (Å²) in [6, 6.07) is 16.4. The van der Waals surface area contributed by atoms with Gasteiger partial charge in [-0.1, -0.05) is 48.6 Å². The lowest BCUT2D eigenvalue weighted by atomic mass is 10.1. The Labute approximate surface area is 277 Å². The van der Waals surface area contributed by atoms with Crippen molar-refractivity contribution in [2.45, 2.75) is 64.2 Å². The van der Waals surface area contributed by atoms with Crippen LogP contribution in [-0.4, -0.2) is 51.6 Å². The van der Waals surface area contributed by atoms with Crippen molar-refractivity contribution in [3.63, 3.8) is 0 Å². The van der Waals surface area contributed by atoms with Crippen molar-refractivity contribution in [3.8, 4) is 0 Å². The number of hydrogen-bond acceptors (Lipinski definition) is 5. The van der Waals surface area contributed by atoms with Crippen molar-refractivity contribution < 1.29 is 14.7 Å². The molecule has 4 heterocycles. The highest BCUT2D eigenvalue weighted by Crippen LogP contribution is 2.22. The Kier molecular flexibility index (Phi) is 13.7. The van der Waals surface area contributed by atoms with Crippen LogP contribution in [0.3, 0.4) is 0 Å². The van der Waals surface area contributed by atoms with Crippen molar-refractivity contribution in [3.05, 3.63) is 95.6 Å². The quantitative estimate of drug-likeness (QED) is 0.142. The van der Waals surface area contributed by atoms with E-state index in [0.717, 1.165) is 80.2 Å². The van der Waals surface area contributed by atoms with Gasteiger partial charge in [0, 0.05) is 104 Å². The lowest BCUT2D eigenvalue weighted by Gasteiger charge is -2.05. The number of carboxylic acids is 1.